The van der Waals surface area contributed by atoms with Crippen molar-refractivity contribution < 1.29 is 10.2 Å². The zero-order chi connectivity index (χ0) is 19.7. The zero-order valence-electron chi connectivity index (χ0n) is 16.0. The largest absolute Gasteiger partial charge is 0.395 e. The van der Waals surface area contributed by atoms with Crippen LogP contribution in [0, 0.1) is 6.92 Å². The molecule has 7 nitrogen and oxygen atoms in total. The van der Waals surface area contributed by atoms with E-state index in [-0.39, 0.29) is 13.2 Å². The minimum atomic E-state index is -0.0366. The van der Waals surface area contributed by atoms with E-state index < -0.39 is 0 Å². The van der Waals surface area contributed by atoms with Crippen LogP contribution in [0.4, 0.5) is 5.95 Å². The molecule has 28 heavy (non-hydrogen) atoms. The number of hydrogen-bond donors (Lipinski definition) is 2. The van der Waals surface area contributed by atoms with E-state index in [1.807, 2.05) is 35.2 Å². The van der Waals surface area contributed by atoms with E-state index in [0.29, 0.717) is 24.9 Å². The molecule has 4 aromatic rings. The smallest absolute Gasteiger partial charge is 0.230 e. The van der Waals surface area contributed by atoms with Crippen molar-refractivity contribution in [3.05, 3.63) is 40.8 Å². The maximum atomic E-state index is 9.49. The summed E-state index contributed by atoms with van der Waals surface area (Å²) in [6.07, 6.45) is 0.896. The monoisotopic (exact) mass is 397 g/mol. The van der Waals surface area contributed by atoms with Crippen LogP contribution in [0.1, 0.15) is 17.4 Å². The molecular weight excluding hydrogens is 374 g/mol. The molecule has 0 aliphatic rings. The SMILES string of the molecule is CCc1c(C)sc2nc(N(CCO)CCO)n3nc(-c4ccccc4)nc3c12. The Labute approximate surface area is 166 Å². The fourth-order valence-corrected chi connectivity index (χ4v) is 4.62. The molecule has 0 saturated carbocycles. The quantitative estimate of drug-likeness (QED) is 0.499. The first kappa shape index (κ1) is 18.8. The van der Waals surface area contributed by atoms with Gasteiger partial charge < -0.3 is 15.1 Å². The molecule has 0 unspecified atom stereocenters. The highest BCUT2D eigenvalue weighted by molar-refractivity contribution is 7.18. The minimum absolute atomic E-state index is 0.0366. The summed E-state index contributed by atoms with van der Waals surface area (Å²) < 4.78 is 1.75. The van der Waals surface area contributed by atoms with Gasteiger partial charge in [0.05, 0.1) is 18.6 Å². The summed E-state index contributed by atoms with van der Waals surface area (Å²) in [5.74, 6) is 1.22. The highest BCUT2D eigenvalue weighted by Gasteiger charge is 2.22. The number of rotatable bonds is 7. The lowest BCUT2D eigenvalue weighted by Crippen LogP contribution is -2.32. The molecule has 0 amide bonds. The van der Waals surface area contributed by atoms with E-state index in [2.05, 4.69) is 13.8 Å². The van der Waals surface area contributed by atoms with Gasteiger partial charge in [-0.25, -0.2) is 9.97 Å². The van der Waals surface area contributed by atoms with Gasteiger partial charge >= 0.3 is 0 Å². The van der Waals surface area contributed by atoms with Gasteiger partial charge in [-0.15, -0.1) is 16.4 Å². The molecule has 4 rings (SSSR count). The summed E-state index contributed by atoms with van der Waals surface area (Å²) in [5.41, 5.74) is 2.94. The van der Waals surface area contributed by atoms with E-state index in [9.17, 15) is 10.2 Å². The Hall–Kier alpha value is -2.55. The van der Waals surface area contributed by atoms with Crippen LogP contribution in [-0.4, -0.2) is 56.1 Å². The summed E-state index contributed by atoms with van der Waals surface area (Å²) in [6, 6.07) is 9.86. The highest BCUT2D eigenvalue weighted by Crippen LogP contribution is 2.35. The number of aryl methyl sites for hydroxylation is 2. The van der Waals surface area contributed by atoms with Crippen molar-refractivity contribution in [2.75, 3.05) is 31.2 Å². The van der Waals surface area contributed by atoms with E-state index in [0.717, 1.165) is 27.8 Å². The summed E-state index contributed by atoms with van der Waals surface area (Å²) in [4.78, 5) is 13.7. The second-order valence-corrected chi connectivity index (χ2v) is 7.76. The second-order valence-electron chi connectivity index (χ2n) is 6.55. The molecule has 0 bridgehead atoms. The van der Waals surface area contributed by atoms with Crippen LogP contribution in [0.15, 0.2) is 30.3 Å². The Morgan fingerprint density at radius 3 is 2.43 bits per heavy atom. The zero-order valence-corrected chi connectivity index (χ0v) is 16.8. The molecule has 8 heteroatoms. The Balaban J connectivity index is 2.04. The van der Waals surface area contributed by atoms with Crippen molar-refractivity contribution >= 4 is 33.1 Å². The number of anilines is 1. The van der Waals surface area contributed by atoms with Gasteiger partial charge in [-0.2, -0.15) is 4.52 Å². The number of benzene rings is 1. The highest BCUT2D eigenvalue weighted by atomic mass is 32.1. The molecule has 2 N–H and O–H groups in total. The van der Waals surface area contributed by atoms with Gasteiger partial charge in [0.15, 0.2) is 11.5 Å². The van der Waals surface area contributed by atoms with Crippen molar-refractivity contribution in [3.8, 4) is 11.4 Å². The lowest BCUT2D eigenvalue weighted by molar-refractivity contribution is 0.280. The average Bonchev–Trinajstić information content (AvgIpc) is 3.28. The Bertz CT molecular complexity index is 1100. The second kappa shape index (κ2) is 7.83. The van der Waals surface area contributed by atoms with Crippen LogP contribution >= 0.6 is 11.3 Å². The maximum Gasteiger partial charge on any atom is 0.230 e. The Kier molecular flexibility index (Phi) is 5.25. The summed E-state index contributed by atoms with van der Waals surface area (Å²) in [6.45, 7) is 4.89. The topological polar surface area (TPSA) is 86.8 Å². The fourth-order valence-electron chi connectivity index (χ4n) is 3.52. The Morgan fingerprint density at radius 1 is 1.07 bits per heavy atom. The number of nitrogens with zero attached hydrogens (tertiary/aromatic N) is 5. The van der Waals surface area contributed by atoms with Gasteiger partial charge in [-0.1, -0.05) is 37.3 Å². The third-order valence-corrected chi connectivity index (χ3v) is 5.86. The third-order valence-electron chi connectivity index (χ3n) is 4.82. The first-order chi connectivity index (χ1) is 13.7. The summed E-state index contributed by atoms with van der Waals surface area (Å²) in [7, 11) is 0. The third kappa shape index (κ3) is 3.13. The van der Waals surface area contributed by atoms with Crippen LogP contribution in [-0.2, 0) is 6.42 Å². The van der Waals surface area contributed by atoms with Crippen molar-refractivity contribution in [1.82, 2.24) is 19.6 Å². The normalized spacial score (nSPS) is 11.6. The molecular formula is C20H23N5O2S. The molecule has 1 aromatic carbocycles. The number of hydrogen-bond acceptors (Lipinski definition) is 7. The molecule has 146 valence electrons. The number of aromatic nitrogens is 4. The maximum absolute atomic E-state index is 9.49. The standard InChI is InChI=1S/C20H23N5O2S/c1-3-15-13(2)28-19-16(15)18-21-17(14-7-5-4-6-8-14)23-25(18)20(22-19)24(9-11-26)10-12-27/h4-8,26-27H,3,9-12H2,1-2H3. The molecule has 0 saturated heterocycles. The molecule has 0 aliphatic carbocycles. The van der Waals surface area contributed by atoms with Crippen LogP contribution in [0.25, 0.3) is 27.3 Å². The number of fused-ring (bicyclic) bond motifs is 3. The van der Waals surface area contributed by atoms with Gasteiger partial charge in [0, 0.05) is 23.5 Å². The first-order valence-corrected chi connectivity index (χ1v) is 10.2. The van der Waals surface area contributed by atoms with Gasteiger partial charge in [-0.3, -0.25) is 0 Å². The predicted octanol–water partition coefficient (Wildman–Crippen LogP) is 2.67. The van der Waals surface area contributed by atoms with Crippen LogP contribution in [0.2, 0.25) is 0 Å². The predicted molar refractivity (Wildman–Crippen MR) is 112 cm³/mol. The van der Waals surface area contributed by atoms with Gasteiger partial charge in [0.2, 0.25) is 5.95 Å². The van der Waals surface area contributed by atoms with E-state index in [1.54, 1.807) is 15.9 Å². The molecule has 3 aromatic heterocycles. The van der Waals surface area contributed by atoms with E-state index in [1.165, 1.54) is 10.4 Å². The summed E-state index contributed by atoms with van der Waals surface area (Å²) in [5, 5.41) is 24.8. The first-order valence-electron chi connectivity index (χ1n) is 9.38. The number of aliphatic hydroxyl groups excluding tert-OH is 2. The number of aliphatic hydroxyl groups is 2. The van der Waals surface area contributed by atoms with Crippen molar-refractivity contribution in [2.24, 2.45) is 0 Å². The average molecular weight is 398 g/mol. The molecule has 0 spiro atoms. The molecule has 0 fully saturated rings. The minimum Gasteiger partial charge on any atom is -0.395 e. The van der Waals surface area contributed by atoms with Crippen LogP contribution < -0.4 is 4.90 Å². The van der Waals surface area contributed by atoms with Gasteiger partial charge in [0.1, 0.15) is 4.83 Å². The molecule has 0 radical (unpaired) electrons. The lowest BCUT2D eigenvalue weighted by Gasteiger charge is -2.21. The molecule has 0 aliphatic heterocycles. The van der Waals surface area contributed by atoms with Crippen molar-refractivity contribution in [1.29, 1.82) is 0 Å². The van der Waals surface area contributed by atoms with E-state index in [4.69, 9.17) is 15.1 Å². The molecule has 3 heterocycles. The van der Waals surface area contributed by atoms with Crippen LogP contribution in [0.5, 0.6) is 0 Å². The Morgan fingerprint density at radius 2 is 1.79 bits per heavy atom. The molecule has 0 atom stereocenters. The summed E-state index contributed by atoms with van der Waals surface area (Å²) >= 11 is 1.65. The number of thiophene rings is 1. The lowest BCUT2D eigenvalue weighted by atomic mass is 10.1. The van der Waals surface area contributed by atoms with Gasteiger partial charge in [0.25, 0.3) is 0 Å². The van der Waals surface area contributed by atoms with E-state index >= 15 is 0 Å². The van der Waals surface area contributed by atoms with Crippen molar-refractivity contribution in [2.45, 2.75) is 20.3 Å². The van der Waals surface area contributed by atoms with Crippen molar-refractivity contribution in [3.63, 3.8) is 0 Å². The van der Waals surface area contributed by atoms with Crippen LogP contribution in [0.3, 0.4) is 0 Å². The fraction of sp³-hybridized carbons (Fsp3) is 0.350. The van der Waals surface area contributed by atoms with Gasteiger partial charge in [-0.05, 0) is 18.9 Å².